The first kappa shape index (κ1) is 18.2. The molecule has 3 rings (SSSR count). The minimum absolute atomic E-state index is 0.195. The molecule has 0 aliphatic carbocycles. The quantitative estimate of drug-likeness (QED) is 0.835. The molecule has 1 fully saturated rings. The molecule has 1 aliphatic heterocycles. The standard InChI is InChI=1S/C19H20Cl2N2O2/c1-12-11-22-8-7-14(12)18(13-5-6-15(20)16(21)10-13)23-9-3-2-4-17(23)19(24)25/h5-8,10-11,17-18H,2-4,9H2,1H3,(H,24,25). The number of benzene rings is 1. The Morgan fingerprint density at radius 1 is 1.28 bits per heavy atom. The fourth-order valence-corrected chi connectivity index (χ4v) is 3.86. The van der Waals surface area contributed by atoms with Gasteiger partial charge >= 0.3 is 5.97 Å². The molecule has 132 valence electrons. The highest BCUT2D eigenvalue weighted by Crippen LogP contribution is 2.37. The highest BCUT2D eigenvalue weighted by Gasteiger charge is 2.35. The van der Waals surface area contributed by atoms with Crippen LogP contribution in [0.15, 0.2) is 36.7 Å². The van der Waals surface area contributed by atoms with Gasteiger partial charge in [0, 0.05) is 12.4 Å². The Kier molecular flexibility index (Phi) is 5.62. The second-order valence-electron chi connectivity index (χ2n) is 6.40. The molecule has 0 saturated carbocycles. The van der Waals surface area contributed by atoms with Gasteiger partial charge in [-0.3, -0.25) is 14.7 Å². The number of aryl methyl sites for hydroxylation is 1. The Morgan fingerprint density at radius 3 is 2.76 bits per heavy atom. The Morgan fingerprint density at radius 2 is 2.08 bits per heavy atom. The van der Waals surface area contributed by atoms with E-state index in [0.717, 1.165) is 36.1 Å². The molecule has 1 aliphatic rings. The Hall–Kier alpha value is -1.62. The Labute approximate surface area is 157 Å². The minimum Gasteiger partial charge on any atom is -0.480 e. The van der Waals surface area contributed by atoms with Crippen LogP contribution in [0.4, 0.5) is 0 Å². The van der Waals surface area contributed by atoms with Gasteiger partial charge in [-0.15, -0.1) is 0 Å². The van der Waals surface area contributed by atoms with Gasteiger partial charge in [0.25, 0.3) is 0 Å². The summed E-state index contributed by atoms with van der Waals surface area (Å²) in [7, 11) is 0. The van der Waals surface area contributed by atoms with Gasteiger partial charge in [-0.2, -0.15) is 0 Å². The second kappa shape index (κ2) is 7.73. The van der Waals surface area contributed by atoms with Gasteiger partial charge < -0.3 is 5.11 Å². The van der Waals surface area contributed by atoms with Crippen LogP contribution in [0.5, 0.6) is 0 Å². The smallest absolute Gasteiger partial charge is 0.320 e. The molecule has 0 bridgehead atoms. The lowest BCUT2D eigenvalue weighted by molar-refractivity contribution is -0.145. The van der Waals surface area contributed by atoms with Crippen LogP contribution in [-0.2, 0) is 4.79 Å². The molecular formula is C19H20Cl2N2O2. The summed E-state index contributed by atoms with van der Waals surface area (Å²) >= 11 is 12.3. The maximum atomic E-state index is 11.8. The highest BCUT2D eigenvalue weighted by atomic mass is 35.5. The fourth-order valence-electron chi connectivity index (χ4n) is 3.55. The average Bonchev–Trinajstić information content (AvgIpc) is 2.60. The zero-order valence-corrected chi connectivity index (χ0v) is 15.5. The van der Waals surface area contributed by atoms with E-state index >= 15 is 0 Å². The van der Waals surface area contributed by atoms with Crippen LogP contribution in [0, 0.1) is 6.92 Å². The van der Waals surface area contributed by atoms with Crippen molar-refractivity contribution in [3.8, 4) is 0 Å². The molecule has 1 N–H and O–H groups in total. The number of carboxylic acid groups (broad SMARTS) is 1. The molecule has 1 aromatic carbocycles. The zero-order chi connectivity index (χ0) is 18.0. The van der Waals surface area contributed by atoms with Crippen molar-refractivity contribution >= 4 is 29.2 Å². The Balaban J connectivity index is 2.13. The number of pyridine rings is 1. The number of carboxylic acids is 1. The molecule has 6 heteroatoms. The van der Waals surface area contributed by atoms with Crippen LogP contribution >= 0.6 is 23.2 Å². The summed E-state index contributed by atoms with van der Waals surface area (Å²) in [5.41, 5.74) is 3.01. The van der Waals surface area contributed by atoms with Crippen molar-refractivity contribution in [2.45, 2.75) is 38.3 Å². The van der Waals surface area contributed by atoms with E-state index in [1.165, 1.54) is 0 Å². The lowest BCUT2D eigenvalue weighted by atomic mass is 9.90. The van der Waals surface area contributed by atoms with Gasteiger partial charge in [-0.1, -0.05) is 35.7 Å². The maximum Gasteiger partial charge on any atom is 0.320 e. The molecule has 1 saturated heterocycles. The summed E-state index contributed by atoms with van der Waals surface area (Å²) < 4.78 is 0. The predicted octanol–water partition coefficient (Wildman–Crippen LogP) is 4.73. The first-order valence-corrected chi connectivity index (χ1v) is 9.08. The van der Waals surface area contributed by atoms with Crippen LogP contribution in [0.2, 0.25) is 10.0 Å². The van der Waals surface area contributed by atoms with Crippen molar-refractivity contribution in [2.75, 3.05) is 6.54 Å². The van der Waals surface area contributed by atoms with Crippen LogP contribution in [0.3, 0.4) is 0 Å². The molecule has 2 atom stereocenters. The summed E-state index contributed by atoms with van der Waals surface area (Å²) in [4.78, 5) is 18.1. The van der Waals surface area contributed by atoms with E-state index in [9.17, 15) is 9.90 Å². The molecule has 1 aromatic heterocycles. The third-order valence-electron chi connectivity index (χ3n) is 4.78. The van der Waals surface area contributed by atoms with Crippen molar-refractivity contribution in [2.24, 2.45) is 0 Å². The first-order valence-electron chi connectivity index (χ1n) is 8.33. The Bertz CT molecular complexity index is 782. The summed E-state index contributed by atoms with van der Waals surface area (Å²) in [6.45, 7) is 2.72. The topological polar surface area (TPSA) is 53.4 Å². The van der Waals surface area contributed by atoms with Gasteiger partial charge in [-0.25, -0.2) is 0 Å². The van der Waals surface area contributed by atoms with Gasteiger partial charge in [0.1, 0.15) is 6.04 Å². The zero-order valence-electron chi connectivity index (χ0n) is 14.0. The number of hydrogen-bond donors (Lipinski definition) is 1. The largest absolute Gasteiger partial charge is 0.480 e. The lowest BCUT2D eigenvalue weighted by Gasteiger charge is -2.40. The molecule has 2 unspecified atom stereocenters. The summed E-state index contributed by atoms with van der Waals surface area (Å²) in [6.07, 6.45) is 6.10. The van der Waals surface area contributed by atoms with Crippen molar-refractivity contribution < 1.29 is 9.90 Å². The molecule has 0 amide bonds. The second-order valence-corrected chi connectivity index (χ2v) is 7.21. The molecule has 4 nitrogen and oxygen atoms in total. The van der Waals surface area contributed by atoms with Gasteiger partial charge in [0.2, 0.25) is 0 Å². The van der Waals surface area contributed by atoms with Crippen LogP contribution in [0.25, 0.3) is 0 Å². The number of piperidine rings is 1. The van der Waals surface area contributed by atoms with Crippen molar-refractivity contribution in [1.82, 2.24) is 9.88 Å². The van der Waals surface area contributed by atoms with E-state index in [1.807, 2.05) is 25.1 Å². The SMILES string of the molecule is Cc1cnccc1C(c1ccc(Cl)c(Cl)c1)N1CCCCC1C(=O)O. The van der Waals surface area contributed by atoms with E-state index in [1.54, 1.807) is 18.5 Å². The number of likely N-dealkylation sites (tertiary alicyclic amines) is 1. The third kappa shape index (κ3) is 3.81. The van der Waals surface area contributed by atoms with Gasteiger partial charge in [0.05, 0.1) is 16.1 Å². The van der Waals surface area contributed by atoms with Crippen molar-refractivity contribution in [3.05, 3.63) is 63.4 Å². The molecule has 0 spiro atoms. The van der Waals surface area contributed by atoms with Crippen molar-refractivity contribution in [3.63, 3.8) is 0 Å². The molecule has 0 radical (unpaired) electrons. The average molecular weight is 379 g/mol. The number of carbonyl (C=O) groups is 1. The number of aliphatic carboxylic acids is 1. The van der Waals surface area contributed by atoms with E-state index in [4.69, 9.17) is 23.2 Å². The van der Waals surface area contributed by atoms with Crippen LogP contribution in [-0.4, -0.2) is 33.5 Å². The van der Waals surface area contributed by atoms with E-state index < -0.39 is 12.0 Å². The monoisotopic (exact) mass is 378 g/mol. The van der Waals surface area contributed by atoms with E-state index in [-0.39, 0.29) is 6.04 Å². The summed E-state index contributed by atoms with van der Waals surface area (Å²) in [5, 5.41) is 10.7. The molecular weight excluding hydrogens is 359 g/mol. The first-order chi connectivity index (χ1) is 12.0. The molecule has 2 aromatic rings. The highest BCUT2D eigenvalue weighted by molar-refractivity contribution is 6.42. The van der Waals surface area contributed by atoms with Crippen molar-refractivity contribution in [1.29, 1.82) is 0 Å². The number of rotatable bonds is 4. The van der Waals surface area contributed by atoms with E-state index in [2.05, 4.69) is 9.88 Å². The summed E-state index contributed by atoms with van der Waals surface area (Å²) in [5.74, 6) is -0.781. The van der Waals surface area contributed by atoms with Gasteiger partial charge in [-0.05, 0) is 61.2 Å². The van der Waals surface area contributed by atoms with Crippen LogP contribution < -0.4 is 0 Å². The number of aromatic nitrogens is 1. The number of hydrogen-bond acceptors (Lipinski definition) is 3. The lowest BCUT2D eigenvalue weighted by Crippen LogP contribution is -2.47. The van der Waals surface area contributed by atoms with E-state index in [0.29, 0.717) is 16.5 Å². The normalized spacial score (nSPS) is 19.6. The fraction of sp³-hybridized carbons (Fsp3) is 0.368. The third-order valence-corrected chi connectivity index (χ3v) is 5.52. The molecule has 2 heterocycles. The maximum absolute atomic E-state index is 11.8. The number of halogens is 2. The van der Waals surface area contributed by atoms with Crippen LogP contribution in [0.1, 0.15) is 42.0 Å². The minimum atomic E-state index is -0.781. The van der Waals surface area contributed by atoms with Gasteiger partial charge in [0.15, 0.2) is 0 Å². The molecule has 25 heavy (non-hydrogen) atoms. The predicted molar refractivity (Wildman–Crippen MR) is 99.3 cm³/mol. The summed E-state index contributed by atoms with van der Waals surface area (Å²) in [6, 6.07) is 6.77. The number of nitrogens with zero attached hydrogens (tertiary/aromatic N) is 2.